The minimum absolute atomic E-state index is 0.193. The van der Waals surface area contributed by atoms with Crippen LogP contribution in [-0.4, -0.2) is 24.7 Å². The lowest BCUT2D eigenvalue weighted by atomic mass is 10.2. The second-order valence-electron chi connectivity index (χ2n) is 4.00. The second kappa shape index (κ2) is 7.66. The van der Waals surface area contributed by atoms with Crippen LogP contribution in [0.15, 0.2) is 18.2 Å². The number of unbranched alkanes of at least 4 members (excludes halogenated alkanes) is 1. The molecule has 0 aromatic heterocycles. The third kappa shape index (κ3) is 5.14. The number of rotatable bonds is 8. The third-order valence-corrected chi connectivity index (χ3v) is 2.54. The highest BCUT2D eigenvalue weighted by molar-refractivity contribution is 5.66. The summed E-state index contributed by atoms with van der Waals surface area (Å²) in [5, 5.41) is 11.6. The Hall–Kier alpha value is -1.62. The Morgan fingerprint density at radius 1 is 1.44 bits per heavy atom. The fraction of sp³-hybridized carbons (Fsp3) is 0.462. The maximum absolute atomic E-state index is 13.4. The molecule has 0 fully saturated rings. The number of halogens is 1. The predicted octanol–water partition coefficient (Wildman–Crippen LogP) is 2.18. The molecule has 1 aromatic rings. The van der Waals surface area contributed by atoms with Crippen molar-refractivity contribution in [3.8, 4) is 5.75 Å². The standard InChI is InChI=1S/C13H18FNO3/c1-18-12-6-5-10(8-11(12)14)9-15-7-3-2-4-13(16)17/h5-6,8,15H,2-4,7,9H2,1H3,(H,16,17). The van der Waals surface area contributed by atoms with Gasteiger partial charge in [-0.3, -0.25) is 4.79 Å². The Kier molecular flexibility index (Phi) is 6.14. The first kappa shape index (κ1) is 14.4. The lowest BCUT2D eigenvalue weighted by Gasteiger charge is -2.06. The molecule has 0 amide bonds. The summed E-state index contributed by atoms with van der Waals surface area (Å²) in [5.74, 6) is -0.907. The maximum atomic E-state index is 13.4. The summed E-state index contributed by atoms with van der Waals surface area (Å²) in [6.45, 7) is 1.29. The molecule has 0 aliphatic carbocycles. The quantitative estimate of drug-likeness (QED) is 0.699. The van der Waals surface area contributed by atoms with Crippen molar-refractivity contribution >= 4 is 5.97 Å². The van der Waals surface area contributed by atoms with Crippen LogP contribution in [0.25, 0.3) is 0 Å². The molecule has 0 aliphatic heterocycles. The van der Waals surface area contributed by atoms with Crippen LogP contribution in [0.1, 0.15) is 24.8 Å². The summed E-state index contributed by atoms with van der Waals surface area (Å²) < 4.78 is 18.2. The number of hydrogen-bond donors (Lipinski definition) is 2. The van der Waals surface area contributed by atoms with Crippen molar-refractivity contribution in [1.82, 2.24) is 5.32 Å². The first-order valence-electron chi connectivity index (χ1n) is 5.88. The van der Waals surface area contributed by atoms with E-state index in [2.05, 4.69) is 5.32 Å². The van der Waals surface area contributed by atoms with E-state index < -0.39 is 5.97 Å². The largest absolute Gasteiger partial charge is 0.494 e. The molecule has 2 N–H and O–H groups in total. The molecule has 0 radical (unpaired) electrons. The van der Waals surface area contributed by atoms with E-state index in [1.807, 2.05) is 0 Å². The van der Waals surface area contributed by atoms with Gasteiger partial charge in [0.05, 0.1) is 7.11 Å². The average Bonchev–Trinajstić information content (AvgIpc) is 2.33. The Balaban J connectivity index is 2.23. The van der Waals surface area contributed by atoms with Gasteiger partial charge in [-0.2, -0.15) is 0 Å². The minimum Gasteiger partial charge on any atom is -0.494 e. The topological polar surface area (TPSA) is 58.6 Å². The fourth-order valence-electron chi connectivity index (χ4n) is 1.58. The van der Waals surface area contributed by atoms with Gasteiger partial charge in [0.25, 0.3) is 0 Å². The van der Waals surface area contributed by atoms with Gasteiger partial charge < -0.3 is 15.2 Å². The molecule has 0 spiro atoms. The third-order valence-electron chi connectivity index (χ3n) is 2.54. The van der Waals surface area contributed by atoms with E-state index in [1.165, 1.54) is 13.2 Å². The molecule has 1 aromatic carbocycles. The molecule has 5 heteroatoms. The van der Waals surface area contributed by atoms with Gasteiger partial charge in [0.2, 0.25) is 0 Å². The van der Waals surface area contributed by atoms with Gasteiger partial charge in [0, 0.05) is 13.0 Å². The van der Waals surface area contributed by atoms with E-state index in [1.54, 1.807) is 12.1 Å². The van der Waals surface area contributed by atoms with Crippen LogP contribution in [0, 0.1) is 5.82 Å². The molecule has 0 saturated carbocycles. The number of benzene rings is 1. The molecule has 100 valence electrons. The molecule has 0 saturated heterocycles. The molecule has 0 heterocycles. The number of carboxylic acids is 1. The zero-order valence-corrected chi connectivity index (χ0v) is 10.4. The molecule has 0 unspecified atom stereocenters. The van der Waals surface area contributed by atoms with Crippen molar-refractivity contribution in [1.29, 1.82) is 0 Å². The van der Waals surface area contributed by atoms with Gasteiger partial charge in [-0.05, 0) is 37.1 Å². The van der Waals surface area contributed by atoms with Gasteiger partial charge >= 0.3 is 5.97 Å². The van der Waals surface area contributed by atoms with Crippen molar-refractivity contribution in [2.24, 2.45) is 0 Å². The van der Waals surface area contributed by atoms with Gasteiger partial charge in [-0.1, -0.05) is 6.07 Å². The molecular formula is C13H18FNO3. The summed E-state index contributed by atoms with van der Waals surface area (Å²) in [7, 11) is 1.43. The Morgan fingerprint density at radius 2 is 2.22 bits per heavy atom. The second-order valence-corrected chi connectivity index (χ2v) is 4.00. The number of carbonyl (C=O) groups is 1. The summed E-state index contributed by atoms with van der Waals surface area (Å²) in [4.78, 5) is 10.3. The Bertz CT molecular complexity index is 396. The first-order valence-corrected chi connectivity index (χ1v) is 5.88. The zero-order valence-electron chi connectivity index (χ0n) is 10.4. The van der Waals surface area contributed by atoms with Crippen LogP contribution < -0.4 is 10.1 Å². The normalized spacial score (nSPS) is 10.3. The molecule has 0 atom stereocenters. The van der Waals surface area contributed by atoms with Crippen molar-refractivity contribution in [3.63, 3.8) is 0 Å². The van der Waals surface area contributed by atoms with Gasteiger partial charge in [0.15, 0.2) is 11.6 Å². The maximum Gasteiger partial charge on any atom is 0.303 e. The number of aliphatic carboxylic acids is 1. The molecule has 1 rings (SSSR count). The molecule has 0 bridgehead atoms. The molecule has 18 heavy (non-hydrogen) atoms. The van der Waals surface area contributed by atoms with Gasteiger partial charge in [-0.25, -0.2) is 4.39 Å². The zero-order chi connectivity index (χ0) is 13.4. The van der Waals surface area contributed by atoms with E-state index in [9.17, 15) is 9.18 Å². The van der Waals surface area contributed by atoms with E-state index in [0.717, 1.165) is 18.5 Å². The van der Waals surface area contributed by atoms with E-state index in [-0.39, 0.29) is 18.0 Å². The van der Waals surface area contributed by atoms with Gasteiger partial charge in [-0.15, -0.1) is 0 Å². The minimum atomic E-state index is -0.771. The first-order chi connectivity index (χ1) is 8.63. The van der Waals surface area contributed by atoms with Crippen molar-refractivity contribution in [2.75, 3.05) is 13.7 Å². The van der Waals surface area contributed by atoms with Crippen LogP contribution in [0.3, 0.4) is 0 Å². The SMILES string of the molecule is COc1ccc(CNCCCCC(=O)O)cc1F. The summed E-state index contributed by atoms with van der Waals surface area (Å²) in [6.07, 6.45) is 1.64. The number of ether oxygens (including phenoxy) is 1. The fourth-order valence-corrected chi connectivity index (χ4v) is 1.58. The van der Waals surface area contributed by atoms with Crippen molar-refractivity contribution in [2.45, 2.75) is 25.8 Å². The van der Waals surface area contributed by atoms with Crippen LogP contribution >= 0.6 is 0 Å². The summed E-state index contributed by atoms with van der Waals surface area (Å²) in [5.41, 5.74) is 0.839. The number of nitrogens with one attached hydrogen (secondary N) is 1. The average molecular weight is 255 g/mol. The lowest BCUT2D eigenvalue weighted by Crippen LogP contribution is -2.15. The number of methoxy groups -OCH3 is 1. The van der Waals surface area contributed by atoms with Crippen LogP contribution in [0.2, 0.25) is 0 Å². The number of hydrogen-bond acceptors (Lipinski definition) is 3. The molecule has 0 aliphatic rings. The van der Waals surface area contributed by atoms with Gasteiger partial charge in [0.1, 0.15) is 0 Å². The molecule has 4 nitrogen and oxygen atoms in total. The molecular weight excluding hydrogens is 237 g/mol. The highest BCUT2D eigenvalue weighted by Gasteiger charge is 2.03. The van der Waals surface area contributed by atoms with Crippen molar-refractivity contribution < 1.29 is 19.0 Å². The van der Waals surface area contributed by atoms with E-state index >= 15 is 0 Å². The smallest absolute Gasteiger partial charge is 0.303 e. The van der Waals surface area contributed by atoms with Crippen LogP contribution in [0.4, 0.5) is 4.39 Å². The Labute approximate surface area is 106 Å². The predicted molar refractivity (Wildman–Crippen MR) is 66.1 cm³/mol. The highest BCUT2D eigenvalue weighted by atomic mass is 19.1. The van der Waals surface area contributed by atoms with E-state index in [4.69, 9.17) is 9.84 Å². The highest BCUT2D eigenvalue weighted by Crippen LogP contribution is 2.17. The number of carboxylic acid groups (broad SMARTS) is 1. The van der Waals surface area contributed by atoms with E-state index in [0.29, 0.717) is 13.0 Å². The van der Waals surface area contributed by atoms with Crippen LogP contribution in [-0.2, 0) is 11.3 Å². The summed E-state index contributed by atoms with van der Waals surface area (Å²) >= 11 is 0. The summed E-state index contributed by atoms with van der Waals surface area (Å²) in [6, 6.07) is 4.83. The van der Waals surface area contributed by atoms with Crippen molar-refractivity contribution in [3.05, 3.63) is 29.6 Å². The monoisotopic (exact) mass is 255 g/mol. The lowest BCUT2D eigenvalue weighted by molar-refractivity contribution is -0.137. The van der Waals surface area contributed by atoms with Crippen LogP contribution in [0.5, 0.6) is 5.75 Å². The Morgan fingerprint density at radius 3 is 2.83 bits per heavy atom.